The number of nitro benzene ring substituents is 1. The summed E-state index contributed by atoms with van der Waals surface area (Å²) < 4.78 is 10.5. The molecule has 3 aromatic rings. The third-order valence-corrected chi connectivity index (χ3v) is 4.78. The van der Waals surface area contributed by atoms with E-state index in [1.54, 1.807) is 19.1 Å². The van der Waals surface area contributed by atoms with Crippen LogP contribution in [0.4, 0.5) is 17.1 Å². The summed E-state index contributed by atoms with van der Waals surface area (Å²) in [5.41, 5.74) is 2.13. The van der Waals surface area contributed by atoms with Crippen LogP contribution in [-0.4, -0.2) is 29.6 Å². The van der Waals surface area contributed by atoms with Gasteiger partial charge in [-0.2, -0.15) is 0 Å². The topological polar surface area (TPSA) is 104 Å². The number of non-ortho nitro benzene ring substituents is 1. The minimum absolute atomic E-state index is 0.122. The second kappa shape index (κ2) is 8.32. The molecule has 0 unspecified atom stereocenters. The lowest BCUT2D eigenvalue weighted by Crippen LogP contribution is -2.10. The molecule has 0 fully saturated rings. The van der Waals surface area contributed by atoms with Crippen molar-refractivity contribution < 1.29 is 19.2 Å². The number of halogens is 1. The predicted octanol–water partition coefficient (Wildman–Crippen LogP) is 5.03. The number of carbonyl (C=O) groups excluding carboxylic acids is 1. The molecule has 1 aromatic heterocycles. The minimum Gasteiger partial charge on any atom is -0.495 e. The van der Waals surface area contributed by atoms with E-state index in [1.165, 1.54) is 31.5 Å². The van der Waals surface area contributed by atoms with Gasteiger partial charge in [0.15, 0.2) is 0 Å². The number of rotatable bonds is 6. The van der Waals surface area contributed by atoms with Gasteiger partial charge in [0.1, 0.15) is 11.3 Å². The fraction of sp³-hybridized carbons (Fsp3) is 0.200. The standard InChI is InChI=1S/C20H18ClN3O5/c1-4-29-20(25)14-10-22-18-11(2)15(21)7-6-13(18)19(14)23-16-9-12(24(26)27)5-8-17(16)28-3/h5-10H,4H2,1-3H3,(H,22,23). The number of nitro groups is 1. The second-order valence-electron chi connectivity index (χ2n) is 6.10. The summed E-state index contributed by atoms with van der Waals surface area (Å²) in [7, 11) is 1.45. The van der Waals surface area contributed by atoms with Crippen molar-refractivity contribution in [1.82, 2.24) is 4.98 Å². The molecule has 0 radical (unpaired) electrons. The quantitative estimate of drug-likeness (QED) is 0.342. The highest BCUT2D eigenvalue weighted by atomic mass is 35.5. The Bertz CT molecular complexity index is 1120. The van der Waals surface area contributed by atoms with Crippen molar-refractivity contribution in [2.24, 2.45) is 0 Å². The predicted molar refractivity (Wildman–Crippen MR) is 110 cm³/mol. The van der Waals surface area contributed by atoms with E-state index in [9.17, 15) is 14.9 Å². The number of pyridine rings is 1. The van der Waals surface area contributed by atoms with Gasteiger partial charge in [-0.05, 0) is 37.6 Å². The molecular weight excluding hydrogens is 398 g/mol. The van der Waals surface area contributed by atoms with Gasteiger partial charge in [-0.1, -0.05) is 11.6 Å². The molecule has 0 aliphatic heterocycles. The van der Waals surface area contributed by atoms with Gasteiger partial charge in [0.25, 0.3) is 5.69 Å². The number of nitrogens with zero attached hydrogens (tertiary/aromatic N) is 2. The van der Waals surface area contributed by atoms with E-state index in [0.717, 1.165) is 5.56 Å². The average Bonchev–Trinajstić information content (AvgIpc) is 2.71. The molecule has 0 saturated heterocycles. The number of aromatic nitrogens is 1. The normalized spacial score (nSPS) is 10.6. The Kier molecular flexibility index (Phi) is 5.84. The van der Waals surface area contributed by atoms with Crippen LogP contribution in [0.1, 0.15) is 22.8 Å². The molecule has 9 heteroatoms. The van der Waals surface area contributed by atoms with Crippen molar-refractivity contribution in [3.8, 4) is 5.75 Å². The summed E-state index contributed by atoms with van der Waals surface area (Å²) in [5.74, 6) is -0.192. The number of hydrogen-bond donors (Lipinski definition) is 1. The first-order valence-electron chi connectivity index (χ1n) is 8.71. The number of benzene rings is 2. The molecule has 29 heavy (non-hydrogen) atoms. The van der Waals surface area contributed by atoms with Crippen molar-refractivity contribution in [3.63, 3.8) is 0 Å². The maximum atomic E-state index is 12.5. The number of hydrogen-bond acceptors (Lipinski definition) is 7. The first kappa shape index (κ1) is 20.3. The Balaban J connectivity index is 2.25. The summed E-state index contributed by atoms with van der Waals surface area (Å²) in [6, 6.07) is 7.59. The zero-order chi connectivity index (χ0) is 21.1. The number of aryl methyl sites for hydroxylation is 1. The van der Waals surface area contributed by atoms with E-state index < -0.39 is 10.9 Å². The molecule has 0 aliphatic rings. The van der Waals surface area contributed by atoms with Gasteiger partial charge in [0.2, 0.25) is 0 Å². The van der Waals surface area contributed by atoms with Gasteiger partial charge in [0.05, 0.1) is 35.5 Å². The number of carbonyl (C=O) groups is 1. The number of fused-ring (bicyclic) bond motifs is 1. The number of ether oxygens (including phenoxy) is 2. The zero-order valence-corrected chi connectivity index (χ0v) is 16.7. The van der Waals surface area contributed by atoms with E-state index in [-0.39, 0.29) is 17.9 Å². The third kappa shape index (κ3) is 3.93. The summed E-state index contributed by atoms with van der Waals surface area (Å²) in [6.07, 6.45) is 1.40. The van der Waals surface area contributed by atoms with Crippen LogP contribution >= 0.6 is 11.6 Å². The van der Waals surface area contributed by atoms with Gasteiger partial charge >= 0.3 is 5.97 Å². The van der Waals surface area contributed by atoms with E-state index in [0.29, 0.717) is 33.0 Å². The highest BCUT2D eigenvalue weighted by Crippen LogP contribution is 2.37. The lowest BCUT2D eigenvalue weighted by atomic mass is 10.1. The zero-order valence-electron chi connectivity index (χ0n) is 16.0. The van der Waals surface area contributed by atoms with Crippen molar-refractivity contribution >= 4 is 45.5 Å². The van der Waals surface area contributed by atoms with Crippen LogP contribution in [0.25, 0.3) is 10.9 Å². The molecule has 0 saturated carbocycles. The number of nitrogens with one attached hydrogen (secondary N) is 1. The van der Waals surface area contributed by atoms with Crippen LogP contribution in [0.5, 0.6) is 5.75 Å². The SMILES string of the molecule is CCOC(=O)c1cnc2c(C)c(Cl)ccc2c1Nc1cc([N+](=O)[O-])ccc1OC. The first-order valence-corrected chi connectivity index (χ1v) is 9.09. The molecule has 2 aromatic carbocycles. The van der Waals surface area contributed by atoms with Gasteiger partial charge in [-0.25, -0.2) is 4.79 Å². The van der Waals surface area contributed by atoms with Gasteiger partial charge in [-0.15, -0.1) is 0 Å². The molecule has 1 heterocycles. The largest absolute Gasteiger partial charge is 0.495 e. The monoisotopic (exact) mass is 415 g/mol. The Morgan fingerprint density at radius 1 is 1.31 bits per heavy atom. The lowest BCUT2D eigenvalue weighted by Gasteiger charge is -2.17. The molecule has 0 spiro atoms. The number of anilines is 2. The van der Waals surface area contributed by atoms with Gasteiger partial charge < -0.3 is 14.8 Å². The van der Waals surface area contributed by atoms with Crippen molar-refractivity contribution in [3.05, 3.63) is 62.8 Å². The molecule has 8 nitrogen and oxygen atoms in total. The van der Waals surface area contributed by atoms with Crippen LogP contribution in [0, 0.1) is 17.0 Å². The first-order chi connectivity index (χ1) is 13.9. The minimum atomic E-state index is -0.568. The number of esters is 1. The lowest BCUT2D eigenvalue weighted by molar-refractivity contribution is -0.384. The van der Waals surface area contributed by atoms with Crippen molar-refractivity contribution in [2.75, 3.05) is 19.0 Å². The van der Waals surface area contributed by atoms with Crippen LogP contribution in [-0.2, 0) is 4.74 Å². The summed E-state index contributed by atoms with van der Waals surface area (Å²) in [6.45, 7) is 3.71. The Morgan fingerprint density at radius 3 is 2.72 bits per heavy atom. The highest BCUT2D eigenvalue weighted by molar-refractivity contribution is 6.32. The van der Waals surface area contributed by atoms with Gasteiger partial charge in [0, 0.05) is 28.7 Å². The van der Waals surface area contributed by atoms with E-state index in [1.807, 2.05) is 6.92 Å². The molecule has 1 N–H and O–H groups in total. The summed E-state index contributed by atoms with van der Waals surface area (Å²) >= 11 is 6.21. The van der Waals surface area contributed by atoms with E-state index >= 15 is 0 Å². The second-order valence-corrected chi connectivity index (χ2v) is 6.51. The maximum absolute atomic E-state index is 12.5. The van der Waals surface area contributed by atoms with Gasteiger partial charge in [-0.3, -0.25) is 15.1 Å². The Labute approximate surface area is 171 Å². The molecule has 0 aliphatic carbocycles. The average molecular weight is 416 g/mol. The van der Waals surface area contributed by atoms with Crippen LogP contribution < -0.4 is 10.1 Å². The summed E-state index contributed by atoms with van der Waals surface area (Å²) in [5, 5.41) is 15.5. The maximum Gasteiger partial charge on any atom is 0.341 e. The molecule has 0 atom stereocenters. The van der Waals surface area contributed by atoms with Crippen molar-refractivity contribution in [2.45, 2.75) is 13.8 Å². The highest BCUT2D eigenvalue weighted by Gasteiger charge is 2.20. The third-order valence-electron chi connectivity index (χ3n) is 4.38. The van der Waals surface area contributed by atoms with Crippen LogP contribution in [0.2, 0.25) is 5.02 Å². The smallest absolute Gasteiger partial charge is 0.341 e. The van der Waals surface area contributed by atoms with Crippen LogP contribution in [0.15, 0.2) is 36.5 Å². The molecular formula is C20H18ClN3O5. The molecule has 3 rings (SSSR count). The summed E-state index contributed by atoms with van der Waals surface area (Å²) in [4.78, 5) is 27.6. The molecule has 0 bridgehead atoms. The van der Waals surface area contributed by atoms with E-state index in [2.05, 4.69) is 10.3 Å². The molecule has 0 amide bonds. The fourth-order valence-electron chi connectivity index (χ4n) is 2.92. The van der Waals surface area contributed by atoms with E-state index in [4.69, 9.17) is 21.1 Å². The van der Waals surface area contributed by atoms with Crippen molar-refractivity contribution in [1.29, 1.82) is 0 Å². The molecule has 150 valence electrons. The fourth-order valence-corrected chi connectivity index (χ4v) is 3.08. The number of methoxy groups -OCH3 is 1. The Morgan fingerprint density at radius 2 is 2.07 bits per heavy atom. The van der Waals surface area contributed by atoms with Crippen LogP contribution in [0.3, 0.4) is 0 Å². The Hall–Kier alpha value is -3.39.